The highest BCUT2D eigenvalue weighted by Gasteiger charge is 2.01. The standard InChI is InChI=1S/C13H15BrN2OS/c1-2-17-12-5-10(15)4-11(6-12)16-7-13-3-9(14)8-18-13/h3-6,8,16H,2,7,15H2,1H3. The minimum absolute atomic E-state index is 0.640. The van der Waals surface area contributed by atoms with E-state index in [2.05, 4.69) is 32.7 Å². The van der Waals surface area contributed by atoms with Crippen LogP contribution in [0, 0.1) is 0 Å². The molecule has 3 nitrogen and oxygen atoms in total. The highest BCUT2D eigenvalue weighted by molar-refractivity contribution is 9.10. The van der Waals surface area contributed by atoms with E-state index in [1.54, 1.807) is 11.3 Å². The summed E-state index contributed by atoms with van der Waals surface area (Å²) in [5, 5.41) is 5.41. The summed E-state index contributed by atoms with van der Waals surface area (Å²) in [6.45, 7) is 3.38. The van der Waals surface area contributed by atoms with Crippen LogP contribution in [0.3, 0.4) is 0 Å². The largest absolute Gasteiger partial charge is 0.494 e. The smallest absolute Gasteiger partial charge is 0.123 e. The van der Waals surface area contributed by atoms with Crippen LogP contribution in [0.15, 0.2) is 34.1 Å². The molecule has 1 aromatic carbocycles. The summed E-state index contributed by atoms with van der Waals surface area (Å²) in [7, 11) is 0. The van der Waals surface area contributed by atoms with Crippen molar-refractivity contribution in [2.75, 3.05) is 17.7 Å². The van der Waals surface area contributed by atoms with E-state index in [0.717, 1.165) is 22.5 Å². The van der Waals surface area contributed by atoms with Crippen LogP contribution < -0.4 is 15.8 Å². The molecule has 2 aromatic rings. The number of thiophene rings is 1. The van der Waals surface area contributed by atoms with Crippen LogP contribution >= 0.6 is 27.3 Å². The number of benzene rings is 1. The third-order valence-corrected chi connectivity index (χ3v) is 4.03. The van der Waals surface area contributed by atoms with Crippen molar-refractivity contribution in [2.45, 2.75) is 13.5 Å². The molecule has 0 saturated heterocycles. The molecule has 0 radical (unpaired) electrons. The van der Waals surface area contributed by atoms with Gasteiger partial charge < -0.3 is 15.8 Å². The summed E-state index contributed by atoms with van der Waals surface area (Å²) in [5.41, 5.74) is 7.52. The predicted molar refractivity (Wildman–Crippen MR) is 81.4 cm³/mol. The first-order chi connectivity index (χ1) is 8.67. The Morgan fingerprint density at radius 2 is 2.17 bits per heavy atom. The molecular formula is C13H15BrN2OS. The topological polar surface area (TPSA) is 47.3 Å². The Labute approximate surface area is 119 Å². The third kappa shape index (κ3) is 3.65. The second-order valence-corrected chi connectivity index (χ2v) is 5.72. The van der Waals surface area contributed by atoms with Gasteiger partial charge >= 0.3 is 0 Å². The minimum atomic E-state index is 0.640. The number of halogens is 1. The van der Waals surface area contributed by atoms with Crippen LogP contribution in [0.2, 0.25) is 0 Å². The fraction of sp³-hybridized carbons (Fsp3) is 0.231. The maximum Gasteiger partial charge on any atom is 0.123 e. The van der Waals surface area contributed by atoms with Gasteiger partial charge in [-0.25, -0.2) is 0 Å². The molecule has 0 aliphatic rings. The maximum atomic E-state index is 5.84. The Bertz CT molecular complexity index is 527. The average Bonchev–Trinajstić information content (AvgIpc) is 2.72. The summed E-state index contributed by atoms with van der Waals surface area (Å²) in [6.07, 6.45) is 0. The van der Waals surface area contributed by atoms with Gasteiger partial charge in [-0.2, -0.15) is 0 Å². The molecule has 18 heavy (non-hydrogen) atoms. The molecule has 0 aliphatic carbocycles. The molecule has 0 fully saturated rings. The average molecular weight is 327 g/mol. The number of ether oxygens (including phenoxy) is 1. The van der Waals surface area contributed by atoms with Crippen molar-refractivity contribution < 1.29 is 4.74 Å². The zero-order valence-corrected chi connectivity index (χ0v) is 12.5. The molecule has 1 aromatic heterocycles. The third-order valence-electron chi connectivity index (χ3n) is 2.33. The van der Waals surface area contributed by atoms with E-state index in [9.17, 15) is 0 Å². The van der Waals surface area contributed by atoms with Gasteiger partial charge in [-0.3, -0.25) is 0 Å². The van der Waals surface area contributed by atoms with Crippen LogP contribution in [0.4, 0.5) is 11.4 Å². The van der Waals surface area contributed by atoms with Gasteiger partial charge in [0, 0.05) is 44.8 Å². The van der Waals surface area contributed by atoms with Gasteiger partial charge in [-0.15, -0.1) is 11.3 Å². The summed E-state index contributed by atoms with van der Waals surface area (Å²) in [5.74, 6) is 0.798. The zero-order chi connectivity index (χ0) is 13.0. The first-order valence-corrected chi connectivity index (χ1v) is 7.35. The molecule has 0 unspecified atom stereocenters. The fourth-order valence-corrected chi connectivity index (χ4v) is 3.00. The van der Waals surface area contributed by atoms with Gasteiger partial charge in [0.15, 0.2) is 0 Å². The Balaban J connectivity index is 2.04. The minimum Gasteiger partial charge on any atom is -0.494 e. The van der Waals surface area contributed by atoms with Crippen LogP contribution in [-0.4, -0.2) is 6.61 Å². The Morgan fingerprint density at radius 1 is 1.33 bits per heavy atom. The number of anilines is 2. The maximum absolute atomic E-state index is 5.84. The molecule has 0 spiro atoms. The molecule has 0 aliphatic heterocycles. The Morgan fingerprint density at radius 3 is 2.83 bits per heavy atom. The lowest BCUT2D eigenvalue weighted by atomic mass is 10.2. The second-order valence-electron chi connectivity index (χ2n) is 3.81. The number of rotatable bonds is 5. The normalized spacial score (nSPS) is 10.3. The van der Waals surface area contributed by atoms with Crippen molar-refractivity contribution >= 4 is 38.6 Å². The van der Waals surface area contributed by atoms with Crippen LogP contribution in [0.5, 0.6) is 5.75 Å². The van der Waals surface area contributed by atoms with Gasteiger partial charge in [0.05, 0.1) is 6.61 Å². The van der Waals surface area contributed by atoms with E-state index in [-0.39, 0.29) is 0 Å². The monoisotopic (exact) mass is 326 g/mol. The molecule has 5 heteroatoms. The zero-order valence-electron chi connectivity index (χ0n) is 10.1. The fourth-order valence-electron chi connectivity index (χ4n) is 1.61. The number of nitrogen functional groups attached to an aromatic ring is 1. The second kappa shape index (κ2) is 6.11. The molecule has 3 N–H and O–H groups in total. The molecule has 1 heterocycles. The highest BCUT2D eigenvalue weighted by atomic mass is 79.9. The van der Waals surface area contributed by atoms with Crippen molar-refractivity contribution in [1.29, 1.82) is 0 Å². The summed E-state index contributed by atoms with van der Waals surface area (Å²) in [6, 6.07) is 7.80. The van der Waals surface area contributed by atoms with Gasteiger partial charge in [0.25, 0.3) is 0 Å². The quantitative estimate of drug-likeness (QED) is 0.813. The molecule has 0 amide bonds. The van der Waals surface area contributed by atoms with Crippen molar-refractivity contribution in [2.24, 2.45) is 0 Å². The lowest BCUT2D eigenvalue weighted by molar-refractivity contribution is 0.340. The number of hydrogen-bond acceptors (Lipinski definition) is 4. The van der Waals surface area contributed by atoms with E-state index in [1.165, 1.54) is 4.88 Å². The van der Waals surface area contributed by atoms with Gasteiger partial charge in [-0.05, 0) is 35.0 Å². The highest BCUT2D eigenvalue weighted by Crippen LogP contribution is 2.25. The first-order valence-electron chi connectivity index (χ1n) is 5.67. The summed E-state index contributed by atoms with van der Waals surface area (Å²) in [4.78, 5) is 1.27. The van der Waals surface area contributed by atoms with Gasteiger partial charge in [0.1, 0.15) is 5.75 Å². The van der Waals surface area contributed by atoms with E-state index < -0.39 is 0 Å². The van der Waals surface area contributed by atoms with Crippen molar-refractivity contribution in [3.05, 3.63) is 39.0 Å². The predicted octanol–water partition coefficient (Wildman–Crippen LogP) is 4.10. The number of nitrogens with one attached hydrogen (secondary N) is 1. The summed E-state index contributed by atoms with van der Waals surface area (Å²) < 4.78 is 6.58. The summed E-state index contributed by atoms with van der Waals surface area (Å²) >= 11 is 5.16. The van der Waals surface area contributed by atoms with Crippen LogP contribution in [0.1, 0.15) is 11.8 Å². The van der Waals surface area contributed by atoms with Gasteiger partial charge in [0.2, 0.25) is 0 Å². The number of nitrogens with two attached hydrogens (primary N) is 1. The Hall–Kier alpha value is -1.20. The SMILES string of the molecule is CCOc1cc(N)cc(NCc2cc(Br)cs2)c1. The lowest BCUT2D eigenvalue weighted by Crippen LogP contribution is -2.00. The molecule has 0 bridgehead atoms. The molecular weight excluding hydrogens is 312 g/mol. The Kier molecular flexibility index (Phi) is 4.49. The van der Waals surface area contributed by atoms with Crippen molar-refractivity contribution in [1.82, 2.24) is 0 Å². The van der Waals surface area contributed by atoms with E-state index in [1.807, 2.05) is 25.1 Å². The van der Waals surface area contributed by atoms with Crippen LogP contribution in [-0.2, 0) is 6.54 Å². The molecule has 96 valence electrons. The number of hydrogen-bond donors (Lipinski definition) is 2. The van der Waals surface area contributed by atoms with Crippen molar-refractivity contribution in [3.63, 3.8) is 0 Å². The molecule has 0 atom stereocenters. The van der Waals surface area contributed by atoms with Crippen LogP contribution in [0.25, 0.3) is 0 Å². The van der Waals surface area contributed by atoms with Gasteiger partial charge in [-0.1, -0.05) is 0 Å². The molecule has 2 rings (SSSR count). The van der Waals surface area contributed by atoms with E-state index in [0.29, 0.717) is 12.3 Å². The van der Waals surface area contributed by atoms with E-state index in [4.69, 9.17) is 10.5 Å². The first kappa shape index (κ1) is 13.2. The van der Waals surface area contributed by atoms with Crippen molar-refractivity contribution in [3.8, 4) is 5.75 Å². The van der Waals surface area contributed by atoms with E-state index >= 15 is 0 Å². The lowest BCUT2D eigenvalue weighted by Gasteiger charge is -2.09. The molecule has 0 saturated carbocycles.